The minimum Gasteiger partial charge on any atom is -0.491 e. The van der Waals surface area contributed by atoms with Crippen LogP contribution in [-0.4, -0.2) is 36.6 Å². The lowest BCUT2D eigenvalue weighted by molar-refractivity contribution is -0.122. The number of unbranched alkanes of at least 4 members (excludes halogenated alkanes) is 13. The van der Waals surface area contributed by atoms with Gasteiger partial charge in [0.15, 0.2) is 5.82 Å². The standard InChI is InChI=1S/C40H47Cl3N4O7S/c1-3-4-5-6-7-8-9-10-11-12-13-14-15-18-23-53-34-22-21-28(55(51,52)45-32-20-17-16-19-30(32)42)26-33(34)47-39(49)36(54-40(47)50)37-44-35-29(38(48)46(37)2)24-27(41)25-31(35)43/h16-17,19-22,24-26,36,45H,3-15,18,23H2,1-2H3. The molecule has 1 saturated heterocycles. The minimum absolute atomic E-state index is 0.0678. The number of amides is 2. The molecule has 2 heterocycles. The predicted octanol–water partition coefficient (Wildman–Crippen LogP) is 10.8. The van der Waals surface area contributed by atoms with Crippen molar-refractivity contribution in [3.8, 4) is 5.75 Å². The van der Waals surface area contributed by atoms with Crippen molar-refractivity contribution in [2.24, 2.45) is 7.05 Å². The SMILES string of the molecule is CCCCCCCCCCCCCCCCOc1ccc(S(=O)(=O)Nc2ccccc2Cl)cc1N1C(=O)OC(c2nc3c(Cl)cc(Cl)cc3c(=O)n2C)C1=O. The van der Waals surface area contributed by atoms with Crippen molar-refractivity contribution >= 4 is 79.1 Å². The van der Waals surface area contributed by atoms with Gasteiger partial charge in [0.25, 0.3) is 21.5 Å². The zero-order valence-corrected chi connectivity index (χ0v) is 34.2. The van der Waals surface area contributed by atoms with Crippen LogP contribution in [0, 0.1) is 0 Å². The van der Waals surface area contributed by atoms with Crippen molar-refractivity contribution in [2.45, 2.75) is 108 Å². The summed E-state index contributed by atoms with van der Waals surface area (Å²) in [6, 6.07) is 13.0. The summed E-state index contributed by atoms with van der Waals surface area (Å²) in [5.41, 5.74) is -0.505. The zero-order valence-electron chi connectivity index (χ0n) is 31.1. The number of para-hydroxylation sites is 1. The Morgan fingerprint density at radius 3 is 2.05 bits per heavy atom. The van der Waals surface area contributed by atoms with Gasteiger partial charge < -0.3 is 9.47 Å². The van der Waals surface area contributed by atoms with Crippen LogP contribution < -0.4 is 19.9 Å². The maximum absolute atomic E-state index is 14.0. The van der Waals surface area contributed by atoms with Crippen molar-refractivity contribution in [3.05, 3.63) is 85.8 Å². The Bertz CT molecular complexity index is 2160. The third-order valence-corrected chi connectivity index (χ3v) is 11.8. The fourth-order valence-electron chi connectivity index (χ4n) is 6.53. The second-order valence-corrected chi connectivity index (χ2v) is 16.6. The van der Waals surface area contributed by atoms with Gasteiger partial charge in [-0.2, -0.15) is 0 Å². The lowest BCUT2D eigenvalue weighted by Gasteiger charge is -2.19. The molecule has 0 radical (unpaired) electrons. The van der Waals surface area contributed by atoms with Crippen LogP contribution in [0.25, 0.3) is 10.9 Å². The summed E-state index contributed by atoms with van der Waals surface area (Å²) in [4.78, 5) is 45.7. The van der Waals surface area contributed by atoms with Gasteiger partial charge in [-0.3, -0.25) is 18.9 Å². The third-order valence-electron chi connectivity index (χ3n) is 9.57. The molecule has 0 aliphatic carbocycles. The predicted molar refractivity (Wildman–Crippen MR) is 218 cm³/mol. The first kappa shape index (κ1) is 42.3. The van der Waals surface area contributed by atoms with Crippen LogP contribution in [0.4, 0.5) is 16.2 Å². The van der Waals surface area contributed by atoms with Gasteiger partial charge in [0.2, 0.25) is 6.10 Å². The van der Waals surface area contributed by atoms with Gasteiger partial charge in [-0.1, -0.05) is 137 Å². The summed E-state index contributed by atoms with van der Waals surface area (Å²) >= 11 is 18.7. The molecule has 1 aliphatic rings. The summed E-state index contributed by atoms with van der Waals surface area (Å²) in [6.07, 6.45) is 14.0. The molecule has 4 aromatic rings. The Hall–Kier alpha value is -3.84. The number of cyclic esters (lactones) is 1. The number of carbonyl (C=O) groups excluding carboxylic acids is 2. The van der Waals surface area contributed by atoms with Crippen molar-refractivity contribution in [1.82, 2.24) is 9.55 Å². The number of sulfonamides is 1. The summed E-state index contributed by atoms with van der Waals surface area (Å²) in [6.45, 7) is 2.50. The third kappa shape index (κ3) is 10.7. The van der Waals surface area contributed by atoms with Crippen LogP contribution >= 0.6 is 34.8 Å². The van der Waals surface area contributed by atoms with E-state index in [1.54, 1.807) is 12.1 Å². The number of nitrogens with zero attached hydrogens (tertiary/aromatic N) is 3. The quantitative estimate of drug-likeness (QED) is 0.0819. The van der Waals surface area contributed by atoms with E-state index in [4.69, 9.17) is 44.3 Å². The number of nitrogens with one attached hydrogen (secondary N) is 1. The van der Waals surface area contributed by atoms with Gasteiger partial charge in [-0.25, -0.2) is 23.1 Å². The first-order valence-electron chi connectivity index (χ1n) is 18.9. The fourth-order valence-corrected chi connectivity index (χ4v) is 8.40. The van der Waals surface area contributed by atoms with E-state index in [0.717, 1.165) is 29.9 Å². The van der Waals surface area contributed by atoms with Gasteiger partial charge in [-0.15, -0.1) is 0 Å². The molecular formula is C40H47Cl3N4O7S. The number of rotatable bonds is 21. The number of ether oxygens (including phenoxy) is 2. The highest BCUT2D eigenvalue weighted by molar-refractivity contribution is 7.92. The number of carbonyl (C=O) groups is 2. The van der Waals surface area contributed by atoms with E-state index in [-0.39, 0.29) is 60.4 Å². The smallest absolute Gasteiger partial charge is 0.422 e. The van der Waals surface area contributed by atoms with E-state index in [0.29, 0.717) is 11.3 Å². The van der Waals surface area contributed by atoms with Crippen molar-refractivity contribution < 1.29 is 27.5 Å². The topological polar surface area (TPSA) is 137 Å². The van der Waals surface area contributed by atoms with E-state index >= 15 is 0 Å². The van der Waals surface area contributed by atoms with E-state index in [1.165, 1.54) is 108 Å². The van der Waals surface area contributed by atoms with Gasteiger partial charge in [0, 0.05) is 12.1 Å². The van der Waals surface area contributed by atoms with Crippen LogP contribution in [0.3, 0.4) is 0 Å². The molecule has 1 unspecified atom stereocenters. The lowest BCUT2D eigenvalue weighted by atomic mass is 10.0. The van der Waals surface area contributed by atoms with Crippen molar-refractivity contribution in [2.75, 3.05) is 16.2 Å². The molecule has 15 heteroatoms. The van der Waals surface area contributed by atoms with Gasteiger partial charge in [0.1, 0.15) is 5.75 Å². The highest BCUT2D eigenvalue weighted by atomic mass is 35.5. The molecule has 0 saturated carbocycles. The number of anilines is 2. The van der Waals surface area contributed by atoms with E-state index < -0.39 is 33.7 Å². The molecule has 0 spiro atoms. The monoisotopic (exact) mass is 832 g/mol. The average molecular weight is 834 g/mol. The molecule has 1 fully saturated rings. The molecule has 1 atom stereocenters. The number of halogens is 3. The van der Waals surface area contributed by atoms with Crippen LogP contribution in [0.5, 0.6) is 5.75 Å². The maximum atomic E-state index is 14.0. The number of benzene rings is 3. The summed E-state index contributed by atoms with van der Waals surface area (Å²) < 4.78 is 42.2. The van der Waals surface area contributed by atoms with Crippen LogP contribution in [-0.2, 0) is 26.6 Å². The fraction of sp³-hybridized carbons (Fsp3) is 0.450. The second kappa shape index (κ2) is 19.8. The molecule has 2 amide bonds. The molecule has 0 bridgehead atoms. The number of aromatic nitrogens is 2. The van der Waals surface area contributed by atoms with Crippen molar-refractivity contribution in [1.29, 1.82) is 0 Å². The molecule has 5 rings (SSSR count). The molecule has 55 heavy (non-hydrogen) atoms. The molecule has 1 N–H and O–H groups in total. The van der Waals surface area contributed by atoms with Gasteiger partial charge >= 0.3 is 6.09 Å². The van der Waals surface area contributed by atoms with E-state index in [1.807, 2.05) is 0 Å². The molecule has 296 valence electrons. The molecule has 3 aromatic carbocycles. The Balaban J connectivity index is 1.30. The molecule has 1 aromatic heterocycles. The summed E-state index contributed by atoms with van der Waals surface area (Å²) in [5.74, 6) is -1.00. The first-order chi connectivity index (χ1) is 26.4. The Labute approximate surface area is 337 Å². The van der Waals surface area contributed by atoms with E-state index in [2.05, 4.69) is 16.6 Å². The largest absolute Gasteiger partial charge is 0.491 e. The molecular weight excluding hydrogens is 787 g/mol. The van der Waals surface area contributed by atoms with Gasteiger partial charge in [0.05, 0.1) is 43.8 Å². The highest BCUT2D eigenvalue weighted by Crippen LogP contribution is 2.39. The molecule has 1 aliphatic heterocycles. The first-order valence-corrected chi connectivity index (χ1v) is 21.5. The second-order valence-electron chi connectivity index (χ2n) is 13.7. The number of imide groups is 1. The Morgan fingerprint density at radius 2 is 1.42 bits per heavy atom. The average Bonchev–Trinajstić information content (AvgIpc) is 3.44. The Morgan fingerprint density at radius 1 is 0.800 bits per heavy atom. The zero-order chi connectivity index (χ0) is 39.5. The Kier molecular flexibility index (Phi) is 15.3. The van der Waals surface area contributed by atoms with E-state index in [9.17, 15) is 22.8 Å². The minimum atomic E-state index is -4.26. The van der Waals surface area contributed by atoms with Crippen LogP contribution in [0.2, 0.25) is 15.1 Å². The van der Waals surface area contributed by atoms with Gasteiger partial charge in [-0.05, 0) is 48.9 Å². The maximum Gasteiger partial charge on any atom is 0.422 e. The van der Waals surface area contributed by atoms with Crippen LogP contribution in [0.15, 0.2) is 64.3 Å². The normalized spacial score (nSPS) is 14.5. The number of fused-ring (bicyclic) bond motifs is 1. The summed E-state index contributed by atoms with van der Waals surface area (Å²) in [5, 5.41) is 0.578. The number of hydrogen-bond acceptors (Lipinski definition) is 8. The number of hydrogen-bond donors (Lipinski definition) is 1. The highest BCUT2D eigenvalue weighted by Gasteiger charge is 2.46. The lowest BCUT2D eigenvalue weighted by Crippen LogP contribution is -2.32. The summed E-state index contributed by atoms with van der Waals surface area (Å²) in [7, 11) is -2.89. The molecule has 11 nitrogen and oxygen atoms in total. The van der Waals surface area contributed by atoms with Crippen molar-refractivity contribution in [3.63, 3.8) is 0 Å². The van der Waals surface area contributed by atoms with Crippen LogP contribution in [0.1, 0.15) is 109 Å².